The maximum absolute atomic E-state index is 14.9. The van der Waals surface area contributed by atoms with Crippen molar-refractivity contribution in [1.82, 2.24) is 25.2 Å². The Morgan fingerprint density at radius 2 is 2.09 bits per heavy atom. The number of nitrogens with one attached hydrogen (secondary N) is 2. The van der Waals surface area contributed by atoms with Gasteiger partial charge < -0.3 is 25.7 Å². The molecule has 2 fully saturated rings. The van der Waals surface area contributed by atoms with Gasteiger partial charge in [-0.2, -0.15) is 0 Å². The lowest BCUT2D eigenvalue weighted by Gasteiger charge is -2.32. The number of piperidine rings is 1. The molecular formula is C22H22ClFN6O3. The van der Waals surface area contributed by atoms with Crippen molar-refractivity contribution < 1.29 is 18.7 Å². The fourth-order valence-corrected chi connectivity index (χ4v) is 4.63. The van der Waals surface area contributed by atoms with Crippen LogP contribution in [-0.2, 0) is 9.53 Å². The number of anilines is 1. The van der Waals surface area contributed by atoms with Gasteiger partial charge in [-0.15, -0.1) is 0 Å². The largest absolute Gasteiger partial charge is 0.398 e. The number of aromatic amines is 1. The number of nitrogens with two attached hydrogens (primary N) is 1. The summed E-state index contributed by atoms with van der Waals surface area (Å²) in [6.45, 7) is 1.15. The third-order valence-corrected chi connectivity index (χ3v) is 6.40. The molecule has 1 unspecified atom stereocenters. The van der Waals surface area contributed by atoms with Gasteiger partial charge in [-0.1, -0.05) is 11.6 Å². The molecule has 0 bridgehead atoms. The fraction of sp³-hybridized carbons (Fsp3) is 0.364. The Balaban J connectivity index is 1.35. The van der Waals surface area contributed by atoms with E-state index in [1.165, 1.54) is 6.20 Å². The predicted octanol–water partition coefficient (Wildman–Crippen LogP) is 2.54. The van der Waals surface area contributed by atoms with Gasteiger partial charge in [-0.25, -0.2) is 14.4 Å². The van der Waals surface area contributed by atoms with Crippen molar-refractivity contribution in [3.8, 4) is 0 Å². The first-order valence-corrected chi connectivity index (χ1v) is 11.0. The van der Waals surface area contributed by atoms with E-state index in [0.717, 1.165) is 0 Å². The number of amides is 2. The maximum Gasteiger partial charge on any atom is 0.255 e. The van der Waals surface area contributed by atoms with Gasteiger partial charge in [-0.3, -0.25) is 9.59 Å². The lowest BCUT2D eigenvalue weighted by atomic mass is 9.88. The quantitative estimate of drug-likeness (QED) is 0.503. The van der Waals surface area contributed by atoms with Crippen molar-refractivity contribution in [3.63, 3.8) is 0 Å². The molecule has 2 saturated heterocycles. The summed E-state index contributed by atoms with van der Waals surface area (Å²) in [5, 5.41) is 3.20. The highest BCUT2D eigenvalue weighted by molar-refractivity contribution is 6.31. The van der Waals surface area contributed by atoms with Crippen LogP contribution in [0.3, 0.4) is 0 Å². The van der Waals surface area contributed by atoms with E-state index >= 15 is 0 Å². The lowest BCUT2D eigenvalue weighted by molar-refractivity contribution is -0.133. The van der Waals surface area contributed by atoms with Gasteiger partial charge in [-0.05, 0) is 37.0 Å². The Kier molecular flexibility index (Phi) is 5.63. The average Bonchev–Trinajstić information content (AvgIpc) is 3.23. The molecule has 2 aliphatic rings. The average molecular weight is 473 g/mol. The van der Waals surface area contributed by atoms with E-state index in [4.69, 9.17) is 22.1 Å². The molecule has 9 nitrogen and oxygen atoms in total. The first kappa shape index (κ1) is 21.6. The first-order valence-electron chi connectivity index (χ1n) is 10.7. The molecule has 2 amide bonds. The van der Waals surface area contributed by atoms with Crippen LogP contribution in [-0.4, -0.2) is 57.9 Å². The molecule has 0 aliphatic carbocycles. The van der Waals surface area contributed by atoms with Gasteiger partial charge in [0.25, 0.3) is 5.91 Å². The van der Waals surface area contributed by atoms with Crippen LogP contribution >= 0.6 is 11.6 Å². The zero-order chi connectivity index (χ0) is 23.1. The Morgan fingerprint density at radius 1 is 1.30 bits per heavy atom. The number of morpholine rings is 1. The minimum absolute atomic E-state index is 0.0546. The second kappa shape index (κ2) is 8.60. The highest BCUT2D eigenvalue weighted by atomic mass is 35.5. The summed E-state index contributed by atoms with van der Waals surface area (Å²) in [5.41, 5.74) is 8.12. The molecule has 4 heterocycles. The van der Waals surface area contributed by atoms with Crippen LogP contribution in [0.5, 0.6) is 0 Å². The van der Waals surface area contributed by atoms with Crippen molar-refractivity contribution in [1.29, 1.82) is 0 Å². The molecule has 0 saturated carbocycles. The Bertz CT molecular complexity index is 1230. The van der Waals surface area contributed by atoms with Crippen molar-refractivity contribution in [3.05, 3.63) is 52.2 Å². The molecule has 0 spiro atoms. The molecule has 2 aromatic heterocycles. The summed E-state index contributed by atoms with van der Waals surface area (Å²) in [6, 6.07) is 4.82. The van der Waals surface area contributed by atoms with E-state index < -0.39 is 11.9 Å². The zero-order valence-corrected chi connectivity index (χ0v) is 18.4. The highest BCUT2D eigenvalue weighted by Gasteiger charge is 2.30. The standard InChI is InChI=1S/C22H22ClFN6O3/c23-12-1-2-13(15(25)7-12)22(32)30-5-3-11(4-6-30)18-14(24)8-27-21-19(18)28-20(29-21)16-9-26-17(31)10-33-16/h1-2,7-8,11,16H,3-6,9-10,25H2,(H,26,31)(H,27,28,29). The van der Waals surface area contributed by atoms with Crippen molar-refractivity contribution in [2.45, 2.75) is 24.9 Å². The lowest BCUT2D eigenvalue weighted by Crippen LogP contribution is -2.39. The number of fused-ring (bicyclic) bond motifs is 1. The van der Waals surface area contributed by atoms with Gasteiger partial charge in [0.2, 0.25) is 5.91 Å². The molecule has 4 N–H and O–H groups in total. The van der Waals surface area contributed by atoms with Crippen LogP contribution < -0.4 is 11.1 Å². The number of imidazole rings is 1. The number of hydrogen-bond donors (Lipinski definition) is 3. The number of nitrogens with zero attached hydrogens (tertiary/aromatic N) is 3. The van der Waals surface area contributed by atoms with E-state index in [1.807, 2.05) is 0 Å². The van der Waals surface area contributed by atoms with Crippen LogP contribution in [0.15, 0.2) is 24.4 Å². The van der Waals surface area contributed by atoms with Crippen LogP contribution in [0.25, 0.3) is 11.2 Å². The van der Waals surface area contributed by atoms with E-state index in [9.17, 15) is 14.0 Å². The number of carbonyl (C=O) groups is 2. The number of ether oxygens (including phenoxy) is 1. The molecule has 1 aromatic carbocycles. The number of rotatable bonds is 3. The SMILES string of the molecule is Nc1cc(Cl)ccc1C(=O)N1CCC(c2c(F)cnc3[nH]c(C4CNC(=O)CO4)nc23)CC1. The topological polar surface area (TPSA) is 126 Å². The molecule has 5 rings (SSSR count). The minimum atomic E-state index is -0.447. The number of halogens is 2. The molecule has 33 heavy (non-hydrogen) atoms. The first-order chi connectivity index (χ1) is 15.9. The van der Waals surface area contributed by atoms with E-state index in [-0.39, 0.29) is 30.9 Å². The predicted molar refractivity (Wildman–Crippen MR) is 119 cm³/mol. The molecular weight excluding hydrogens is 451 g/mol. The minimum Gasteiger partial charge on any atom is -0.398 e. The number of H-pyrrole nitrogens is 1. The summed E-state index contributed by atoms with van der Waals surface area (Å²) in [4.78, 5) is 37.8. The number of carbonyl (C=O) groups excluding carboxylic acids is 2. The van der Waals surface area contributed by atoms with Crippen LogP contribution in [0.2, 0.25) is 5.02 Å². The van der Waals surface area contributed by atoms with Crippen LogP contribution in [0.1, 0.15) is 46.6 Å². The number of aromatic nitrogens is 3. The Hall–Kier alpha value is -3.24. The summed E-state index contributed by atoms with van der Waals surface area (Å²) >= 11 is 5.93. The smallest absolute Gasteiger partial charge is 0.255 e. The van der Waals surface area contributed by atoms with Gasteiger partial charge in [0.15, 0.2) is 5.65 Å². The monoisotopic (exact) mass is 472 g/mol. The van der Waals surface area contributed by atoms with E-state index in [2.05, 4.69) is 20.3 Å². The number of hydrogen-bond acceptors (Lipinski definition) is 6. The number of nitrogen functional groups attached to an aromatic ring is 1. The molecule has 0 radical (unpaired) electrons. The van der Waals surface area contributed by atoms with Crippen molar-refractivity contribution in [2.24, 2.45) is 0 Å². The Labute approximate surface area is 193 Å². The summed E-state index contributed by atoms with van der Waals surface area (Å²) < 4.78 is 20.4. The van der Waals surface area contributed by atoms with Crippen molar-refractivity contribution >= 4 is 40.3 Å². The fourth-order valence-electron chi connectivity index (χ4n) is 4.45. The van der Waals surface area contributed by atoms with E-state index in [0.29, 0.717) is 64.8 Å². The molecule has 11 heteroatoms. The summed E-state index contributed by atoms with van der Waals surface area (Å²) in [5.74, 6) is -0.402. The molecule has 2 aliphatic heterocycles. The van der Waals surface area contributed by atoms with Gasteiger partial charge in [0.1, 0.15) is 29.9 Å². The third-order valence-electron chi connectivity index (χ3n) is 6.16. The molecule has 172 valence electrons. The maximum atomic E-state index is 14.9. The summed E-state index contributed by atoms with van der Waals surface area (Å²) in [7, 11) is 0. The number of benzene rings is 1. The van der Waals surface area contributed by atoms with Gasteiger partial charge >= 0.3 is 0 Å². The zero-order valence-electron chi connectivity index (χ0n) is 17.6. The third kappa shape index (κ3) is 4.11. The van der Waals surface area contributed by atoms with Crippen LogP contribution in [0, 0.1) is 5.82 Å². The second-order valence-corrected chi connectivity index (χ2v) is 8.68. The summed E-state index contributed by atoms with van der Waals surface area (Å²) in [6.07, 6.45) is 1.90. The Morgan fingerprint density at radius 3 is 2.79 bits per heavy atom. The molecule has 1 atom stereocenters. The number of likely N-dealkylation sites (tertiary alicyclic amines) is 1. The van der Waals surface area contributed by atoms with E-state index in [1.54, 1.807) is 23.1 Å². The molecule has 3 aromatic rings. The van der Waals surface area contributed by atoms with Crippen molar-refractivity contribution in [2.75, 3.05) is 32.0 Å². The van der Waals surface area contributed by atoms with Crippen LogP contribution in [0.4, 0.5) is 10.1 Å². The highest BCUT2D eigenvalue weighted by Crippen LogP contribution is 2.35. The van der Waals surface area contributed by atoms with Gasteiger partial charge in [0.05, 0.1) is 18.3 Å². The van der Waals surface area contributed by atoms with Gasteiger partial charge in [0, 0.05) is 29.4 Å². The number of pyridine rings is 1. The second-order valence-electron chi connectivity index (χ2n) is 8.24. The normalized spacial score (nSPS) is 19.6.